The summed E-state index contributed by atoms with van der Waals surface area (Å²) >= 11 is 0. The molecular weight excluding hydrogens is 416 g/mol. The largest absolute Gasteiger partial charge is 0.455 e. The van der Waals surface area contributed by atoms with Gasteiger partial charge in [0, 0.05) is 44.9 Å². The van der Waals surface area contributed by atoms with E-state index < -0.39 is 4.92 Å². The minimum atomic E-state index is -0.441. The number of morpholine rings is 1. The molecule has 0 bridgehead atoms. The number of rotatable bonds is 7. The molecular formula is C20H22N8O4. The van der Waals surface area contributed by atoms with E-state index in [0.717, 1.165) is 5.56 Å². The standard InChI is InChI=1S/C20H22N8O4/c1-26(2)19-22-18(23-20(24-19)27-9-11-31-12-10-27)25-21-13-16-7-8-17(32-16)14-3-5-15(6-4-14)28(29)30/h3-8,13H,9-12H2,1-2H3,(H,22,23,24,25). The normalized spacial score (nSPS) is 14.0. The molecule has 0 aliphatic carbocycles. The highest BCUT2D eigenvalue weighted by Gasteiger charge is 2.17. The molecule has 1 aromatic carbocycles. The van der Waals surface area contributed by atoms with Gasteiger partial charge in [0.2, 0.25) is 17.8 Å². The van der Waals surface area contributed by atoms with Crippen molar-refractivity contribution in [3.63, 3.8) is 0 Å². The zero-order chi connectivity index (χ0) is 22.5. The van der Waals surface area contributed by atoms with Crippen molar-refractivity contribution in [2.45, 2.75) is 0 Å². The summed E-state index contributed by atoms with van der Waals surface area (Å²) in [6.45, 7) is 2.66. The molecule has 166 valence electrons. The van der Waals surface area contributed by atoms with Crippen LogP contribution in [0.25, 0.3) is 11.3 Å². The molecule has 0 amide bonds. The smallest absolute Gasteiger partial charge is 0.269 e. The number of ether oxygens (including phenoxy) is 1. The average Bonchev–Trinajstić information content (AvgIpc) is 3.28. The van der Waals surface area contributed by atoms with E-state index in [1.54, 1.807) is 29.2 Å². The van der Waals surface area contributed by atoms with Gasteiger partial charge in [0.15, 0.2) is 0 Å². The number of nitrogens with zero attached hydrogens (tertiary/aromatic N) is 7. The number of hydrogen-bond donors (Lipinski definition) is 1. The fourth-order valence-electron chi connectivity index (χ4n) is 2.99. The summed E-state index contributed by atoms with van der Waals surface area (Å²) in [6.07, 6.45) is 1.50. The number of hydrogen-bond acceptors (Lipinski definition) is 11. The lowest BCUT2D eigenvalue weighted by Gasteiger charge is -2.27. The summed E-state index contributed by atoms with van der Waals surface area (Å²) in [7, 11) is 3.71. The lowest BCUT2D eigenvalue weighted by Crippen LogP contribution is -2.37. The Balaban J connectivity index is 1.46. The minimum absolute atomic E-state index is 0.0252. The van der Waals surface area contributed by atoms with Gasteiger partial charge in [0.1, 0.15) is 11.5 Å². The predicted octanol–water partition coefficient (Wildman–Crippen LogP) is 2.39. The van der Waals surface area contributed by atoms with E-state index in [2.05, 4.69) is 25.5 Å². The number of benzene rings is 1. The lowest BCUT2D eigenvalue weighted by molar-refractivity contribution is -0.384. The summed E-state index contributed by atoms with van der Waals surface area (Å²) in [4.78, 5) is 27.5. The highest BCUT2D eigenvalue weighted by molar-refractivity contribution is 5.78. The van der Waals surface area contributed by atoms with Crippen molar-refractivity contribution in [2.24, 2.45) is 5.10 Å². The Hall–Kier alpha value is -4.06. The first-order valence-electron chi connectivity index (χ1n) is 9.89. The monoisotopic (exact) mass is 438 g/mol. The molecule has 4 rings (SSSR count). The van der Waals surface area contributed by atoms with Crippen molar-refractivity contribution in [1.82, 2.24) is 15.0 Å². The van der Waals surface area contributed by atoms with E-state index >= 15 is 0 Å². The van der Waals surface area contributed by atoms with Crippen LogP contribution < -0.4 is 15.2 Å². The summed E-state index contributed by atoms with van der Waals surface area (Å²) < 4.78 is 11.1. The fourth-order valence-corrected chi connectivity index (χ4v) is 2.99. The van der Waals surface area contributed by atoms with Gasteiger partial charge in [0.05, 0.1) is 24.4 Å². The van der Waals surface area contributed by atoms with Gasteiger partial charge in [-0.3, -0.25) is 10.1 Å². The first-order valence-corrected chi connectivity index (χ1v) is 9.89. The van der Waals surface area contributed by atoms with E-state index in [9.17, 15) is 10.1 Å². The number of anilines is 3. The second-order valence-corrected chi connectivity index (χ2v) is 7.13. The van der Waals surface area contributed by atoms with Gasteiger partial charge in [-0.15, -0.1) is 0 Å². The van der Waals surface area contributed by atoms with Crippen molar-refractivity contribution < 1.29 is 14.1 Å². The van der Waals surface area contributed by atoms with Crippen LogP contribution in [0, 0.1) is 10.1 Å². The molecule has 2 aromatic heterocycles. The molecule has 3 heterocycles. The Morgan fingerprint density at radius 3 is 2.56 bits per heavy atom. The van der Waals surface area contributed by atoms with Crippen LogP contribution in [0.1, 0.15) is 5.76 Å². The minimum Gasteiger partial charge on any atom is -0.455 e. The molecule has 0 unspecified atom stereocenters. The second-order valence-electron chi connectivity index (χ2n) is 7.13. The zero-order valence-corrected chi connectivity index (χ0v) is 17.6. The highest BCUT2D eigenvalue weighted by atomic mass is 16.6. The first kappa shape index (κ1) is 21.2. The number of nitro groups is 1. The van der Waals surface area contributed by atoms with Gasteiger partial charge >= 0.3 is 0 Å². The van der Waals surface area contributed by atoms with E-state index in [-0.39, 0.29) is 5.69 Å². The number of aromatic nitrogens is 3. The number of nitro benzene ring substituents is 1. The Morgan fingerprint density at radius 1 is 1.12 bits per heavy atom. The molecule has 12 heteroatoms. The summed E-state index contributed by atoms with van der Waals surface area (Å²) in [6, 6.07) is 9.66. The van der Waals surface area contributed by atoms with Crippen LogP contribution in [0.5, 0.6) is 0 Å². The molecule has 32 heavy (non-hydrogen) atoms. The molecule has 0 radical (unpaired) electrons. The Morgan fingerprint density at radius 2 is 1.88 bits per heavy atom. The van der Waals surface area contributed by atoms with E-state index in [1.807, 2.05) is 19.0 Å². The van der Waals surface area contributed by atoms with Crippen LogP contribution in [-0.2, 0) is 4.74 Å². The number of nitrogens with one attached hydrogen (secondary N) is 1. The van der Waals surface area contributed by atoms with Crippen LogP contribution >= 0.6 is 0 Å². The highest BCUT2D eigenvalue weighted by Crippen LogP contribution is 2.24. The van der Waals surface area contributed by atoms with Gasteiger partial charge < -0.3 is 19.0 Å². The molecule has 1 N–H and O–H groups in total. The molecule has 0 atom stereocenters. The maximum atomic E-state index is 10.8. The molecule has 12 nitrogen and oxygen atoms in total. The Labute approximate surface area is 183 Å². The van der Waals surface area contributed by atoms with Crippen LogP contribution in [0.3, 0.4) is 0 Å². The molecule has 0 spiro atoms. The van der Waals surface area contributed by atoms with E-state index in [4.69, 9.17) is 9.15 Å². The third-order valence-corrected chi connectivity index (χ3v) is 4.65. The SMILES string of the molecule is CN(C)c1nc(NN=Cc2ccc(-c3ccc([N+](=O)[O-])cc3)o2)nc(N2CCOCC2)n1. The molecule has 0 saturated carbocycles. The second kappa shape index (κ2) is 9.39. The first-order chi connectivity index (χ1) is 15.5. The molecule has 1 saturated heterocycles. The van der Waals surface area contributed by atoms with Crippen LogP contribution in [0.2, 0.25) is 0 Å². The fraction of sp³-hybridized carbons (Fsp3) is 0.300. The quantitative estimate of drug-likeness (QED) is 0.333. The Bertz CT molecular complexity index is 1110. The third kappa shape index (κ3) is 4.98. The lowest BCUT2D eigenvalue weighted by atomic mass is 10.1. The van der Waals surface area contributed by atoms with Gasteiger partial charge in [-0.05, 0) is 24.3 Å². The van der Waals surface area contributed by atoms with E-state index in [1.165, 1.54) is 18.3 Å². The summed E-state index contributed by atoms with van der Waals surface area (Å²) in [5.41, 5.74) is 3.58. The maximum Gasteiger partial charge on any atom is 0.269 e. The Kier molecular flexibility index (Phi) is 6.22. The molecule has 1 aliphatic heterocycles. The van der Waals surface area contributed by atoms with Gasteiger partial charge in [-0.1, -0.05) is 0 Å². The van der Waals surface area contributed by atoms with Crippen molar-refractivity contribution in [3.05, 3.63) is 52.3 Å². The van der Waals surface area contributed by atoms with Crippen molar-refractivity contribution in [3.8, 4) is 11.3 Å². The molecule has 1 fully saturated rings. The zero-order valence-electron chi connectivity index (χ0n) is 17.6. The summed E-state index contributed by atoms with van der Waals surface area (Å²) in [5, 5.41) is 15.0. The van der Waals surface area contributed by atoms with Gasteiger partial charge in [-0.2, -0.15) is 20.1 Å². The van der Waals surface area contributed by atoms with Gasteiger partial charge in [0.25, 0.3) is 5.69 Å². The van der Waals surface area contributed by atoms with Crippen LogP contribution in [0.15, 0.2) is 45.9 Å². The number of furan rings is 1. The average molecular weight is 438 g/mol. The van der Waals surface area contributed by atoms with Crippen LogP contribution in [0.4, 0.5) is 23.5 Å². The van der Waals surface area contributed by atoms with Crippen molar-refractivity contribution in [2.75, 3.05) is 55.6 Å². The van der Waals surface area contributed by atoms with Crippen molar-refractivity contribution in [1.29, 1.82) is 0 Å². The van der Waals surface area contributed by atoms with E-state index in [0.29, 0.717) is 55.7 Å². The van der Waals surface area contributed by atoms with Crippen LogP contribution in [-0.4, -0.2) is 66.5 Å². The molecule has 1 aliphatic rings. The maximum absolute atomic E-state index is 10.8. The van der Waals surface area contributed by atoms with Gasteiger partial charge in [-0.25, -0.2) is 5.43 Å². The predicted molar refractivity (Wildman–Crippen MR) is 119 cm³/mol. The number of non-ortho nitro benzene ring substituents is 1. The number of hydrazone groups is 1. The topological polar surface area (TPSA) is 135 Å². The van der Waals surface area contributed by atoms with Crippen molar-refractivity contribution >= 4 is 29.7 Å². The third-order valence-electron chi connectivity index (χ3n) is 4.65. The molecule has 3 aromatic rings. The summed E-state index contributed by atoms with van der Waals surface area (Å²) in [5.74, 6) is 2.46.